The van der Waals surface area contributed by atoms with Crippen molar-refractivity contribution in [1.29, 1.82) is 0 Å². The van der Waals surface area contributed by atoms with E-state index in [1.807, 2.05) is 12.7 Å². The van der Waals surface area contributed by atoms with Crippen LogP contribution in [0, 0.1) is 0 Å². The zero-order chi connectivity index (χ0) is 11.2. The van der Waals surface area contributed by atoms with E-state index in [0.29, 0.717) is 0 Å². The SMILES string of the molecule is CP1(=P)OC(c2ccccc2)CC2(CC2)O1. The van der Waals surface area contributed by atoms with Crippen LogP contribution >= 0.6 is 15.5 Å². The maximum atomic E-state index is 6.04. The molecule has 1 spiro atoms. The van der Waals surface area contributed by atoms with Crippen LogP contribution in [0.4, 0.5) is 0 Å². The Morgan fingerprint density at radius 3 is 2.62 bits per heavy atom. The van der Waals surface area contributed by atoms with E-state index in [-0.39, 0.29) is 11.7 Å². The Labute approximate surface area is 98.5 Å². The maximum Gasteiger partial charge on any atom is 0.141 e. The van der Waals surface area contributed by atoms with Gasteiger partial charge in [-0.05, 0) is 18.4 Å². The molecular weight excluding hydrogens is 238 g/mol. The van der Waals surface area contributed by atoms with Crippen molar-refractivity contribution in [2.75, 3.05) is 6.66 Å². The number of benzene rings is 1. The van der Waals surface area contributed by atoms with Gasteiger partial charge in [-0.2, -0.15) is 0 Å². The molecule has 1 heterocycles. The number of hydrogen-bond acceptors (Lipinski definition) is 2. The van der Waals surface area contributed by atoms with Crippen LogP contribution < -0.4 is 0 Å². The molecule has 1 aromatic carbocycles. The van der Waals surface area contributed by atoms with Crippen molar-refractivity contribution in [2.45, 2.75) is 31.0 Å². The molecule has 2 nitrogen and oxygen atoms in total. The van der Waals surface area contributed by atoms with Gasteiger partial charge in [0, 0.05) is 13.1 Å². The van der Waals surface area contributed by atoms with Crippen molar-refractivity contribution in [3.63, 3.8) is 0 Å². The van der Waals surface area contributed by atoms with Gasteiger partial charge in [-0.15, -0.1) is 0 Å². The smallest absolute Gasteiger partial charge is 0.141 e. The number of hydrogen-bond donors (Lipinski definition) is 0. The highest BCUT2D eigenvalue weighted by Gasteiger charge is 2.52. The molecule has 0 amide bonds. The quantitative estimate of drug-likeness (QED) is 0.698. The molecule has 2 fully saturated rings. The third-order valence-electron chi connectivity index (χ3n) is 3.23. The Kier molecular flexibility index (Phi) is 2.53. The Bertz CT molecular complexity index is 440. The Morgan fingerprint density at radius 2 is 2.00 bits per heavy atom. The predicted octanol–water partition coefficient (Wildman–Crippen LogP) is 4.23. The van der Waals surface area contributed by atoms with Crippen molar-refractivity contribution < 1.29 is 9.05 Å². The monoisotopic (exact) mass is 254 g/mol. The molecule has 0 radical (unpaired) electrons. The van der Waals surface area contributed by atoms with Crippen molar-refractivity contribution in [2.24, 2.45) is 0 Å². The van der Waals surface area contributed by atoms with E-state index >= 15 is 0 Å². The summed E-state index contributed by atoms with van der Waals surface area (Å²) < 4.78 is 12.1. The van der Waals surface area contributed by atoms with Gasteiger partial charge >= 0.3 is 0 Å². The van der Waals surface area contributed by atoms with Crippen molar-refractivity contribution in [3.8, 4) is 0 Å². The molecule has 86 valence electrons. The summed E-state index contributed by atoms with van der Waals surface area (Å²) in [7, 11) is 1.86. The summed E-state index contributed by atoms with van der Waals surface area (Å²) in [5.41, 5.74) is 1.38. The second kappa shape index (κ2) is 3.68. The van der Waals surface area contributed by atoms with Crippen LogP contribution in [-0.2, 0) is 9.05 Å². The van der Waals surface area contributed by atoms with Crippen LogP contribution in [0.3, 0.4) is 0 Å². The summed E-state index contributed by atoms with van der Waals surface area (Å²) in [4.78, 5) is 0. The average Bonchev–Trinajstić information content (AvgIpc) is 2.96. The fourth-order valence-electron chi connectivity index (χ4n) is 2.33. The molecule has 3 rings (SSSR count). The van der Waals surface area contributed by atoms with E-state index in [4.69, 9.17) is 9.05 Å². The van der Waals surface area contributed by atoms with Gasteiger partial charge < -0.3 is 9.05 Å². The molecule has 0 bridgehead atoms. The first kappa shape index (κ1) is 11.0. The summed E-state index contributed by atoms with van der Waals surface area (Å²) in [5, 5.41) is 0. The van der Waals surface area contributed by atoms with E-state index in [1.54, 1.807) is 0 Å². The minimum Gasteiger partial charge on any atom is -0.328 e. The molecule has 2 aliphatic rings. The predicted molar refractivity (Wildman–Crippen MR) is 69.1 cm³/mol. The van der Waals surface area contributed by atoms with Crippen molar-refractivity contribution in [3.05, 3.63) is 35.9 Å². The van der Waals surface area contributed by atoms with Crippen LogP contribution in [0.2, 0.25) is 0 Å². The van der Waals surface area contributed by atoms with Gasteiger partial charge in [-0.25, -0.2) is 0 Å². The standard InChI is InChI=1S/C12H16O2P2/c1-16(15)13-11(9-12(14-16)7-8-12)10-5-3-2-4-6-10/h2-6,11,15H,7-9H2,1H3. The molecular formula is C12H16O2P2. The zero-order valence-corrected chi connectivity index (χ0v) is 11.2. The van der Waals surface area contributed by atoms with Gasteiger partial charge in [0.1, 0.15) is 7.00 Å². The Balaban J connectivity index is 1.89. The molecule has 1 aliphatic heterocycles. The minimum atomic E-state index is -1.81. The largest absolute Gasteiger partial charge is 0.328 e. The van der Waals surface area contributed by atoms with Gasteiger partial charge in [-0.3, -0.25) is 0 Å². The van der Waals surface area contributed by atoms with Gasteiger partial charge in [0.15, 0.2) is 0 Å². The molecule has 0 N–H and O–H groups in total. The first-order valence-corrected chi connectivity index (χ1v) is 9.06. The molecule has 16 heavy (non-hydrogen) atoms. The van der Waals surface area contributed by atoms with Crippen LogP contribution in [0.25, 0.3) is 0 Å². The van der Waals surface area contributed by atoms with E-state index in [9.17, 15) is 0 Å². The first-order valence-electron chi connectivity index (χ1n) is 5.64. The van der Waals surface area contributed by atoms with E-state index < -0.39 is 7.00 Å². The second-order valence-electron chi connectivity index (χ2n) is 4.83. The molecule has 0 aromatic heterocycles. The van der Waals surface area contributed by atoms with Crippen LogP contribution in [0.1, 0.15) is 30.9 Å². The lowest BCUT2D eigenvalue weighted by Gasteiger charge is -2.37. The van der Waals surface area contributed by atoms with Gasteiger partial charge in [0.25, 0.3) is 0 Å². The van der Waals surface area contributed by atoms with Crippen LogP contribution in [0.15, 0.2) is 30.3 Å². The molecule has 4 heteroatoms. The van der Waals surface area contributed by atoms with Crippen LogP contribution in [-0.4, -0.2) is 12.3 Å². The third-order valence-corrected chi connectivity index (χ3v) is 5.22. The lowest BCUT2D eigenvalue weighted by Crippen LogP contribution is -2.23. The van der Waals surface area contributed by atoms with E-state index in [0.717, 1.165) is 6.42 Å². The summed E-state index contributed by atoms with van der Waals surface area (Å²) >= 11 is 0. The van der Waals surface area contributed by atoms with E-state index in [2.05, 4.69) is 32.8 Å². The topological polar surface area (TPSA) is 18.5 Å². The highest BCUT2D eigenvalue weighted by molar-refractivity contribution is 7.92. The molecule has 1 saturated heterocycles. The first-order chi connectivity index (χ1) is 7.59. The van der Waals surface area contributed by atoms with Crippen molar-refractivity contribution in [1.82, 2.24) is 0 Å². The normalized spacial score (nSPS) is 36.2. The highest BCUT2D eigenvalue weighted by Crippen LogP contribution is 2.67. The maximum absolute atomic E-state index is 6.04. The molecule has 2 unspecified atom stereocenters. The summed E-state index contributed by atoms with van der Waals surface area (Å²) in [6, 6.07) is 10.4. The number of rotatable bonds is 1. The lowest BCUT2D eigenvalue weighted by molar-refractivity contribution is 0.0378. The lowest BCUT2D eigenvalue weighted by atomic mass is 10.0. The zero-order valence-electron chi connectivity index (χ0n) is 9.35. The second-order valence-corrected chi connectivity index (χ2v) is 9.35. The molecule has 2 atom stereocenters. The van der Waals surface area contributed by atoms with E-state index in [1.165, 1.54) is 18.4 Å². The summed E-state index contributed by atoms with van der Waals surface area (Å²) in [5.74, 6) is 0. The Hall–Kier alpha value is -0.130. The average molecular weight is 254 g/mol. The van der Waals surface area contributed by atoms with Crippen LogP contribution in [0.5, 0.6) is 0 Å². The fraction of sp³-hybridized carbons (Fsp3) is 0.500. The van der Waals surface area contributed by atoms with Gasteiger partial charge in [-0.1, -0.05) is 38.9 Å². The van der Waals surface area contributed by atoms with Gasteiger partial charge in [0.2, 0.25) is 0 Å². The Morgan fingerprint density at radius 1 is 1.31 bits per heavy atom. The highest BCUT2D eigenvalue weighted by atomic mass is 31.8. The molecule has 1 saturated carbocycles. The fourth-order valence-corrected chi connectivity index (χ4v) is 5.01. The summed E-state index contributed by atoms with van der Waals surface area (Å²) in [6.07, 6.45) is 3.55. The summed E-state index contributed by atoms with van der Waals surface area (Å²) in [6.45, 7) is 2.04. The third kappa shape index (κ3) is 2.13. The molecule has 1 aromatic rings. The minimum absolute atomic E-state index is 0.114. The van der Waals surface area contributed by atoms with Gasteiger partial charge in [0.05, 0.1) is 11.7 Å². The van der Waals surface area contributed by atoms with Crippen molar-refractivity contribution >= 4 is 15.5 Å². The molecule has 1 aliphatic carbocycles.